The van der Waals surface area contributed by atoms with E-state index in [-0.39, 0.29) is 11.2 Å². The van der Waals surface area contributed by atoms with Crippen molar-refractivity contribution in [3.63, 3.8) is 0 Å². The number of carbonyl (C=O) groups excluding carboxylic acids is 1. The molecule has 0 spiro atoms. The molecule has 1 aromatic carbocycles. The molecule has 1 aliphatic heterocycles. The maximum Gasteiger partial charge on any atom is 0.226 e. The van der Waals surface area contributed by atoms with E-state index < -0.39 is 6.04 Å². The maximum absolute atomic E-state index is 13.4. The first-order valence-electron chi connectivity index (χ1n) is 10.5. The Labute approximate surface area is 186 Å². The maximum atomic E-state index is 13.4. The number of hydrogen-bond donors (Lipinski definition) is 1. The van der Waals surface area contributed by atoms with E-state index in [1.165, 1.54) is 0 Å². The number of anilines is 1. The van der Waals surface area contributed by atoms with Gasteiger partial charge in [0, 0.05) is 41.2 Å². The standard InChI is InChI=1S/C24H25N5O3/c1-24(2)11-16-19(17(30)12-24)20(15-8-5-9-18(31-3)21(15)32-4)29-23(26-16)27-22(28-29)14-7-6-10-25-13-14/h5-10,13,20H,11-12H2,1-4H3,(H,26,27,28). The molecule has 32 heavy (non-hydrogen) atoms. The van der Waals surface area contributed by atoms with E-state index in [1.54, 1.807) is 31.3 Å². The van der Waals surface area contributed by atoms with Gasteiger partial charge in [-0.25, -0.2) is 4.68 Å². The second kappa shape index (κ2) is 7.47. The fraction of sp³-hybridized carbons (Fsp3) is 0.333. The Morgan fingerprint density at radius 2 is 1.97 bits per heavy atom. The molecule has 0 bridgehead atoms. The number of methoxy groups -OCH3 is 2. The Morgan fingerprint density at radius 3 is 2.69 bits per heavy atom. The van der Waals surface area contributed by atoms with Crippen molar-refractivity contribution in [2.75, 3.05) is 19.5 Å². The van der Waals surface area contributed by atoms with Crippen LogP contribution >= 0.6 is 0 Å². The Kier molecular flexibility index (Phi) is 4.73. The van der Waals surface area contributed by atoms with Crippen LogP contribution in [0.2, 0.25) is 0 Å². The normalized spacial score (nSPS) is 19.1. The molecule has 1 aliphatic carbocycles. The van der Waals surface area contributed by atoms with Crippen LogP contribution < -0.4 is 14.8 Å². The molecule has 3 aromatic rings. The highest BCUT2D eigenvalue weighted by molar-refractivity contribution is 6.00. The van der Waals surface area contributed by atoms with E-state index in [1.807, 2.05) is 30.3 Å². The molecule has 5 rings (SSSR count). The zero-order valence-electron chi connectivity index (χ0n) is 18.5. The van der Waals surface area contributed by atoms with Gasteiger partial charge in [0.05, 0.1) is 14.2 Å². The largest absolute Gasteiger partial charge is 0.493 e. The lowest BCUT2D eigenvalue weighted by atomic mass is 9.73. The molecule has 0 saturated heterocycles. The van der Waals surface area contributed by atoms with E-state index in [0.29, 0.717) is 35.3 Å². The van der Waals surface area contributed by atoms with Crippen LogP contribution in [-0.4, -0.2) is 39.8 Å². The molecule has 0 fully saturated rings. The molecule has 0 amide bonds. The number of ketones is 1. The van der Waals surface area contributed by atoms with Crippen molar-refractivity contribution in [3.8, 4) is 22.9 Å². The van der Waals surface area contributed by atoms with Gasteiger partial charge in [0.25, 0.3) is 0 Å². The third kappa shape index (κ3) is 3.23. The van der Waals surface area contributed by atoms with E-state index in [0.717, 1.165) is 23.2 Å². The van der Waals surface area contributed by atoms with Crippen LogP contribution in [0.5, 0.6) is 11.5 Å². The first-order chi connectivity index (χ1) is 15.4. The molecule has 0 radical (unpaired) electrons. The van der Waals surface area contributed by atoms with Gasteiger partial charge >= 0.3 is 0 Å². The summed E-state index contributed by atoms with van der Waals surface area (Å²) in [7, 11) is 3.21. The summed E-state index contributed by atoms with van der Waals surface area (Å²) in [4.78, 5) is 22.4. The van der Waals surface area contributed by atoms with Crippen LogP contribution in [0.25, 0.3) is 11.4 Å². The fourth-order valence-electron chi connectivity index (χ4n) is 4.64. The molecule has 0 saturated carbocycles. The minimum atomic E-state index is -0.479. The Hall–Kier alpha value is -3.68. The molecule has 164 valence electrons. The first kappa shape index (κ1) is 20.2. The summed E-state index contributed by atoms with van der Waals surface area (Å²) in [6.07, 6.45) is 4.65. The van der Waals surface area contributed by atoms with Crippen LogP contribution in [0.1, 0.15) is 38.3 Å². The second-order valence-corrected chi connectivity index (χ2v) is 8.89. The highest BCUT2D eigenvalue weighted by Gasteiger charge is 2.43. The van der Waals surface area contributed by atoms with Crippen LogP contribution in [0.3, 0.4) is 0 Å². The topological polar surface area (TPSA) is 91.2 Å². The van der Waals surface area contributed by atoms with E-state index in [9.17, 15) is 4.79 Å². The number of nitrogens with one attached hydrogen (secondary N) is 1. The number of Topliss-reactive ketones (excluding diaryl/α,β-unsaturated/α-hetero) is 1. The van der Waals surface area contributed by atoms with Gasteiger partial charge in [-0.3, -0.25) is 9.78 Å². The Morgan fingerprint density at radius 1 is 1.12 bits per heavy atom. The lowest BCUT2D eigenvalue weighted by Gasteiger charge is -2.38. The van der Waals surface area contributed by atoms with E-state index in [4.69, 9.17) is 19.6 Å². The van der Waals surface area contributed by atoms with Gasteiger partial charge in [-0.15, -0.1) is 5.10 Å². The average Bonchev–Trinajstić information content (AvgIpc) is 3.20. The molecule has 1 atom stereocenters. The molecule has 2 aliphatic rings. The molecule has 8 nitrogen and oxygen atoms in total. The van der Waals surface area contributed by atoms with Crippen molar-refractivity contribution in [2.24, 2.45) is 5.41 Å². The average molecular weight is 431 g/mol. The number of ether oxygens (including phenoxy) is 2. The number of para-hydroxylation sites is 1. The number of carbonyl (C=O) groups is 1. The summed E-state index contributed by atoms with van der Waals surface area (Å²) < 4.78 is 13.0. The van der Waals surface area contributed by atoms with E-state index >= 15 is 0 Å². The van der Waals surface area contributed by atoms with Crippen molar-refractivity contribution in [3.05, 3.63) is 59.6 Å². The van der Waals surface area contributed by atoms with Crippen LogP contribution in [-0.2, 0) is 4.79 Å². The SMILES string of the molecule is COc1cccc(C2C3=C(CC(C)(C)CC3=O)Nc3nc(-c4cccnc4)nn32)c1OC. The van der Waals surface area contributed by atoms with Crippen LogP contribution in [0.4, 0.5) is 5.95 Å². The van der Waals surface area contributed by atoms with Gasteiger partial charge in [0.1, 0.15) is 6.04 Å². The van der Waals surface area contributed by atoms with Crippen molar-refractivity contribution in [1.82, 2.24) is 19.7 Å². The number of pyridine rings is 1. The molecule has 2 aromatic heterocycles. The minimum absolute atomic E-state index is 0.0997. The van der Waals surface area contributed by atoms with Crippen molar-refractivity contribution < 1.29 is 14.3 Å². The number of fused-ring (bicyclic) bond motifs is 1. The predicted molar refractivity (Wildman–Crippen MR) is 120 cm³/mol. The Bertz CT molecular complexity index is 1230. The lowest BCUT2D eigenvalue weighted by molar-refractivity contribution is -0.118. The number of hydrogen-bond acceptors (Lipinski definition) is 7. The summed E-state index contributed by atoms with van der Waals surface area (Å²) in [5, 5.41) is 8.19. The number of benzene rings is 1. The molecular weight excluding hydrogens is 406 g/mol. The first-order valence-corrected chi connectivity index (χ1v) is 10.5. The van der Waals surface area contributed by atoms with Gasteiger partial charge < -0.3 is 14.8 Å². The smallest absolute Gasteiger partial charge is 0.226 e. The minimum Gasteiger partial charge on any atom is -0.493 e. The molecule has 1 N–H and O–H groups in total. The van der Waals surface area contributed by atoms with Crippen LogP contribution in [0, 0.1) is 5.41 Å². The van der Waals surface area contributed by atoms with Crippen molar-refractivity contribution in [1.29, 1.82) is 0 Å². The quantitative estimate of drug-likeness (QED) is 0.667. The molecule has 3 heterocycles. The zero-order valence-corrected chi connectivity index (χ0v) is 18.5. The van der Waals surface area contributed by atoms with E-state index in [2.05, 4.69) is 24.1 Å². The summed E-state index contributed by atoms with van der Waals surface area (Å²) >= 11 is 0. The summed E-state index contributed by atoms with van der Waals surface area (Å²) in [6.45, 7) is 4.22. The molecular formula is C24H25N5O3. The monoisotopic (exact) mass is 431 g/mol. The number of allylic oxidation sites excluding steroid dienone is 2. The molecule has 1 unspecified atom stereocenters. The second-order valence-electron chi connectivity index (χ2n) is 8.89. The van der Waals surface area contributed by atoms with Crippen molar-refractivity contribution in [2.45, 2.75) is 32.7 Å². The highest BCUT2D eigenvalue weighted by atomic mass is 16.5. The highest BCUT2D eigenvalue weighted by Crippen LogP contribution is 2.48. The molecule has 8 heteroatoms. The predicted octanol–water partition coefficient (Wildman–Crippen LogP) is 4.02. The summed E-state index contributed by atoms with van der Waals surface area (Å²) in [5.74, 6) is 2.41. The van der Waals surface area contributed by atoms with Crippen molar-refractivity contribution >= 4 is 11.7 Å². The summed E-state index contributed by atoms with van der Waals surface area (Å²) in [5.41, 5.74) is 3.06. The number of nitrogens with zero attached hydrogens (tertiary/aromatic N) is 4. The van der Waals surface area contributed by atoms with Gasteiger partial charge in [0.2, 0.25) is 5.95 Å². The lowest BCUT2D eigenvalue weighted by Crippen LogP contribution is -2.36. The van der Waals surface area contributed by atoms with Gasteiger partial charge in [-0.1, -0.05) is 26.0 Å². The third-order valence-electron chi connectivity index (χ3n) is 5.98. The van der Waals surface area contributed by atoms with Crippen LogP contribution in [0.15, 0.2) is 54.0 Å². The summed E-state index contributed by atoms with van der Waals surface area (Å²) in [6, 6.07) is 8.97. The number of rotatable bonds is 4. The van der Waals surface area contributed by atoms with Gasteiger partial charge in [0.15, 0.2) is 23.1 Å². The van der Waals surface area contributed by atoms with Gasteiger partial charge in [-0.2, -0.15) is 4.98 Å². The Balaban J connectivity index is 1.74. The fourth-order valence-corrected chi connectivity index (χ4v) is 4.64. The number of aromatic nitrogens is 4. The third-order valence-corrected chi connectivity index (χ3v) is 5.98. The zero-order chi connectivity index (χ0) is 22.5. The van der Waals surface area contributed by atoms with Gasteiger partial charge in [-0.05, 0) is 30.0 Å².